The normalized spacial score (nSPS) is 15.3. The first-order chi connectivity index (χ1) is 11.5. The first kappa shape index (κ1) is 16.0. The number of carboxylic acid groups (broad SMARTS) is 1. The Morgan fingerprint density at radius 1 is 1.29 bits per heavy atom. The quantitative estimate of drug-likeness (QED) is 0.566. The zero-order valence-electron chi connectivity index (χ0n) is 12.0. The van der Waals surface area contributed by atoms with E-state index in [1.807, 2.05) is 0 Å². The Bertz CT molecular complexity index is 867. The number of ether oxygens (including phenoxy) is 2. The van der Waals surface area contributed by atoms with E-state index >= 15 is 0 Å². The van der Waals surface area contributed by atoms with Crippen molar-refractivity contribution in [1.82, 2.24) is 0 Å². The zero-order valence-corrected chi connectivity index (χ0v) is 13.6. The molecule has 3 rings (SSSR count). The third-order valence-corrected chi connectivity index (χ3v) is 3.39. The largest absolute Gasteiger partial charge is 0.546 e. The molecule has 0 radical (unpaired) electrons. The molecule has 0 fully saturated rings. The molecule has 122 valence electrons. The summed E-state index contributed by atoms with van der Waals surface area (Å²) in [6.45, 7) is -0.598. The Morgan fingerprint density at radius 2 is 2.08 bits per heavy atom. The molecule has 8 heteroatoms. The smallest absolute Gasteiger partial charge is 0.363 e. The van der Waals surface area contributed by atoms with Gasteiger partial charge in [-0.1, -0.05) is 18.2 Å². The van der Waals surface area contributed by atoms with Gasteiger partial charge in [-0.2, -0.15) is 0 Å². The number of carbonyl (C=O) groups is 2. The summed E-state index contributed by atoms with van der Waals surface area (Å²) in [7, 11) is 0. The Morgan fingerprint density at radius 3 is 2.79 bits per heavy atom. The van der Waals surface area contributed by atoms with Crippen LogP contribution in [0, 0.1) is 0 Å². The Labute approximate surface area is 144 Å². The summed E-state index contributed by atoms with van der Waals surface area (Å²) in [5.74, 6) is -1.36. The fourth-order valence-electron chi connectivity index (χ4n) is 1.96. The second-order valence-corrected chi connectivity index (χ2v) is 5.42. The molecule has 0 bridgehead atoms. The molecule has 0 N–H and O–H groups in total. The van der Waals surface area contributed by atoms with Crippen molar-refractivity contribution in [1.29, 1.82) is 0 Å². The third kappa shape index (κ3) is 3.54. The molecule has 0 saturated heterocycles. The van der Waals surface area contributed by atoms with Crippen molar-refractivity contribution in [2.24, 2.45) is 4.99 Å². The van der Waals surface area contributed by atoms with Crippen LogP contribution in [0.5, 0.6) is 5.75 Å². The summed E-state index contributed by atoms with van der Waals surface area (Å²) in [4.78, 5) is 26.6. The Kier molecular flexibility index (Phi) is 4.48. The molecule has 0 aliphatic carbocycles. The molecule has 1 aromatic heterocycles. The number of esters is 1. The molecule has 1 aliphatic rings. The van der Waals surface area contributed by atoms with Crippen molar-refractivity contribution in [2.45, 2.75) is 0 Å². The predicted molar refractivity (Wildman–Crippen MR) is 84.0 cm³/mol. The van der Waals surface area contributed by atoms with Gasteiger partial charge >= 0.3 is 5.97 Å². The van der Waals surface area contributed by atoms with E-state index in [1.54, 1.807) is 36.4 Å². The fraction of sp³-hybridized carbons (Fsp3) is 0.0625. The number of aliphatic imine (C=N–C) groups is 1. The van der Waals surface area contributed by atoms with Crippen molar-refractivity contribution in [3.63, 3.8) is 0 Å². The lowest BCUT2D eigenvalue weighted by atomic mass is 10.1. The van der Waals surface area contributed by atoms with Gasteiger partial charge in [0.05, 0.1) is 5.97 Å². The minimum absolute atomic E-state index is 0.0435. The number of benzene rings is 1. The summed E-state index contributed by atoms with van der Waals surface area (Å²) in [6.07, 6.45) is 1.44. The number of cyclic esters (lactones) is 1. The molecule has 1 aliphatic heterocycles. The molecule has 2 aromatic rings. The fourth-order valence-corrected chi connectivity index (χ4v) is 2.27. The van der Waals surface area contributed by atoms with Gasteiger partial charge in [-0.3, -0.25) is 0 Å². The van der Waals surface area contributed by atoms with E-state index in [4.69, 9.17) is 13.9 Å². The van der Waals surface area contributed by atoms with Crippen molar-refractivity contribution in [3.8, 4) is 5.75 Å². The van der Waals surface area contributed by atoms with Crippen LogP contribution in [0.2, 0.25) is 0 Å². The lowest BCUT2D eigenvalue weighted by Gasteiger charge is -2.09. The number of hydrogen-bond donors (Lipinski definition) is 0. The van der Waals surface area contributed by atoms with E-state index in [9.17, 15) is 14.7 Å². The number of hydrogen-bond acceptors (Lipinski definition) is 7. The van der Waals surface area contributed by atoms with Crippen molar-refractivity contribution in [2.75, 3.05) is 6.61 Å². The predicted octanol–water partition coefficient (Wildman–Crippen LogP) is 1.52. The number of para-hydroxylation sites is 1. The van der Waals surface area contributed by atoms with Gasteiger partial charge in [-0.25, -0.2) is 9.79 Å². The molecule has 7 nitrogen and oxygen atoms in total. The average molecular weight is 391 g/mol. The van der Waals surface area contributed by atoms with Crippen LogP contribution in [0.15, 0.2) is 56.2 Å². The number of furan rings is 1. The molecule has 0 spiro atoms. The average Bonchev–Trinajstić information content (AvgIpc) is 3.13. The molecule has 1 aromatic carbocycles. The lowest BCUT2D eigenvalue weighted by molar-refractivity contribution is -0.307. The van der Waals surface area contributed by atoms with Gasteiger partial charge < -0.3 is 23.8 Å². The standard InChI is InChI=1S/C16H10BrNO6/c17-13-6-5-12(23-13)15-18-10(16(21)24-15)7-9-3-1-2-4-11(9)22-8-14(19)20/h1-7H,8H2,(H,19,20)/p-1/b10-7-. The van der Waals surface area contributed by atoms with Crippen molar-refractivity contribution in [3.05, 3.63) is 58.1 Å². The summed E-state index contributed by atoms with van der Waals surface area (Å²) in [6, 6.07) is 9.87. The van der Waals surface area contributed by atoms with Crippen LogP contribution in [-0.4, -0.2) is 24.4 Å². The highest BCUT2D eigenvalue weighted by atomic mass is 79.9. The van der Waals surface area contributed by atoms with Crippen LogP contribution in [0.3, 0.4) is 0 Å². The summed E-state index contributed by atoms with van der Waals surface area (Å²) in [5.41, 5.74) is 0.526. The highest BCUT2D eigenvalue weighted by Crippen LogP contribution is 2.25. The molecular formula is C16H9BrNO6-. The maximum absolute atomic E-state index is 11.9. The second-order valence-electron chi connectivity index (χ2n) is 4.64. The Balaban J connectivity index is 1.89. The van der Waals surface area contributed by atoms with Gasteiger partial charge in [0.2, 0.25) is 0 Å². The maximum atomic E-state index is 11.9. The van der Waals surface area contributed by atoms with Gasteiger partial charge in [0, 0.05) is 5.56 Å². The van der Waals surface area contributed by atoms with E-state index < -0.39 is 18.5 Å². The summed E-state index contributed by atoms with van der Waals surface area (Å²) in [5, 5.41) is 10.5. The van der Waals surface area contributed by atoms with Crippen LogP contribution in [0.25, 0.3) is 6.08 Å². The van der Waals surface area contributed by atoms with E-state index in [0.717, 1.165) is 0 Å². The first-order valence-corrected chi connectivity index (χ1v) is 7.52. The minimum Gasteiger partial charge on any atom is -0.546 e. The molecule has 0 unspecified atom stereocenters. The van der Waals surface area contributed by atoms with E-state index in [2.05, 4.69) is 20.9 Å². The molecule has 24 heavy (non-hydrogen) atoms. The second kappa shape index (κ2) is 6.71. The van der Waals surface area contributed by atoms with E-state index in [0.29, 0.717) is 16.0 Å². The number of halogens is 1. The van der Waals surface area contributed by atoms with Gasteiger partial charge in [0.25, 0.3) is 5.90 Å². The van der Waals surface area contributed by atoms with E-state index in [1.165, 1.54) is 6.08 Å². The summed E-state index contributed by atoms with van der Waals surface area (Å²) < 4.78 is 16.0. The number of nitrogens with zero attached hydrogens (tertiary/aromatic N) is 1. The van der Waals surface area contributed by atoms with Crippen LogP contribution >= 0.6 is 15.9 Å². The van der Waals surface area contributed by atoms with E-state index in [-0.39, 0.29) is 17.3 Å². The van der Waals surface area contributed by atoms with Crippen LogP contribution in [0.4, 0.5) is 0 Å². The number of carbonyl (C=O) groups excluding carboxylic acids is 2. The first-order valence-electron chi connectivity index (χ1n) is 6.73. The lowest BCUT2D eigenvalue weighted by Crippen LogP contribution is -2.29. The maximum Gasteiger partial charge on any atom is 0.363 e. The van der Waals surface area contributed by atoms with Crippen LogP contribution in [0.1, 0.15) is 11.3 Å². The molecule has 0 saturated carbocycles. The molecule has 2 heterocycles. The van der Waals surface area contributed by atoms with Gasteiger partial charge in [-0.05, 0) is 40.2 Å². The van der Waals surface area contributed by atoms with Crippen molar-refractivity contribution >= 4 is 39.8 Å². The highest BCUT2D eigenvalue weighted by Gasteiger charge is 2.26. The zero-order chi connectivity index (χ0) is 17.1. The molecule has 0 amide bonds. The molecule has 0 atom stereocenters. The van der Waals surface area contributed by atoms with Gasteiger partial charge in [-0.15, -0.1) is 0 Å². The number of aliphatic carboxylic acids is 1. The van der Waals surface area contributed by atoms with Crippen LogP contribution in [-0.2, 0) is 14.3 Å². The number of carboxylic acids is 1. The van der Waals surface area contributed by atoms with Crippen LogP contribution < -0.4 is 9.84 Å². The third-order valence-electron chi connectivity index (χ3n) is 2.96. The Hall–Kier alpha value is -2.87. The SMILES string of the molecule is O=C([O-])COc1ccccc1/C=C1\N=C(c2ccc(Br)o2)OC1=O. The minimum atomic E-state index is -1.35. The number of rotatable bonds is 5. The van der Waals surface area contributed by atoms with Gasteiger partial charge in [0.1, 0.15) is 12.4 Å². The van der Waals surface area contributed by atoms with Gasteiger partial charge in [0.15, 0.2) is 16.1 Å². The monoisotopic (exact) mass is 390 g/mol. The van der Waals surface area contributed by atoms with Crippen molar-refractivity contribution < 1.29 is 28.6 Å². The topological polar surface area (TPSA) is 101 Å². The highest BCUT2D eigenvalue weighted by molar-refractivity contribution is 9.10. The summed E-state index contributed by atoms with van der Waals surface area (Å²) >= 11 is 3.16. The molecular weight excluding hydrogens is 382 g/mol.